The zero-order chi connectivity index (χ0) is 9.42. The lowest BCUT2D eigenvalue weighted by atomic mass is 10.3. The van der Waals surface area contributed by atoms with Crippen molar-refractivity contribution in [3.8, 4) is 5.88 Å². The lowest BCUT2D eigenvalue weighted by Crippen LogP contribution is -2.35. The minimum atomic E-state index is -0.540. The van der Waals surface area contributed by atoms with Crippen molar-refractivity contribution in [2.24, 2.45) is 0 Å². The molecule has 0 aliphatic carbocycles. The maximum Gasteiger partial charge on any atom is 0.265 e. The fourth-order valence-corrected chi connectivity index (χ4v) is 1.03. The third kappa shape index (κ3) is 1.16. The molecule has 13 heavy (non-hydrogen) atoms. The number of fused-ring (bicyclic) bond motifs is 1. The first-order valence-corrected chi connectivity index (χ1v) is 3.76. The lowest BCUT2D eigenvalue weighted by molar-refractivity contribution is -0.122. The zero-order valence-corrected chi connectivity index (χ0v) is 6.94. The van der Waals surface area contributed by atoms with Crippen molar-refractivity contribution < 1.29 is 9.53 Å². The van der Waals surface area contributed by atoms with Crippen molar-refractivity contribution in [3.63, 3.8) is 0 Å². The van der Waals surface area contributed by atoms with Gasteiger partial charge in [-0.15, -0.1) is 0 Å². The standard InChI is InChI=1S/C7H8N4O2/c1-3-6(12)11-4-5(8)9-2-10-7(4)13-3/h2-3H,1H3,(H,11,12)(H2,8,9,10). The first-order valence-electron chi connectivity index (χ1n) is 3.76. The van der Waals surface area contributed by atoms with Gasteiger partial charge in [0.1, 0.15) is 12.0 Å². The van der Waals surface area contributed by atoms with Crippen molar-refractivity contribution in [1.29, 1.82) is 0 Å². The Morgan fingerprint density at radius 3 is 3.15 bits per heavy atom. The summed E-state index contributed by atoms with van der Waals surface area (Å²) in [6.07, 6.45) is 0.750. The Morgan fingerprint density at radius 1 is 1.62 bits per heavy atom. The van der Waals surface area contributed by atoms with Crippen LogP contribution in [0.25, 0.3) is 0 Å². The maximum atomic E-state index is 11.2. The van der Waals surface area contributed by atoms with Gasteiger partial charge in [0.2, 0.25) is 5.88 Å². The van der Waals surface area contributed by atoms with Gasteiger partial charge in [0.15, 0.2) is 11.9 Å². The van der Waals surface area contributed by atoms with Gasteiger partial charge in [-0.3, -0.25) is 4.79 Å². The molecule has 0 fully saturated rings. The summed E-state index contributed by atoms with van der Waals surface area (Å²) >= 11 is 0. The number of hydrogen-bond acceptors (Lipinski definition) is 5. The summed E-state index contributed by atoms with van der Waals surface area (Å²) in [6, 6.07) is 0. The van der Waals surface area contributed by atoms with E-state index in [0.717, 1.165) is 0 Å². The summed E-state index contributed by atoms with van der Waals surface area (Å²) in [5.41, 5.74) is 5.86. The molecule has 1 unspecified atom stereocenters. The van der Waals surface area contributed by atoms with Crippen LogP contribution in [0, 0.1) is 0 Å². The predicted molar refractivity (Wildman–Crippen MR) is 45.2 cm³/mol. The number of ether oxygens (including phenoxy) is 1. The highest BCUT2D eigenvalue weighted by Gasteiger charge is 2.26. The molecule has 3 N–H and O–H groups in total. The molecule has 1 atom stereocenters. The van der Waals surface area contributed by atoms with Gasteiger partial charge in [0.25, 0.3) is 5.91 Å². The number of amides is 1. The van der Waals surface area contributed by atoms with Gasteiger partial charge in [-0.25, -0.2) is 4.98 Å². The minimum absolute atomic E-state index is 0.213. The predicted octanol–water partition coefficient (Wildman–Crippen LogP) is -0.222. The SMILES string of the molecule is CC1Oc2ncnc(N)c2NC1=O. The molecule has 68 valence electrons. The van der Waals surface area contributed by atoms with E-state index in [-0.39, 0.29) is 11.7 Å². The highest BCUT2D eigenvalue weighted by Crippen LogP contribution is 2.30. The summed E-state index contributed by atoms with van der Waals surface area (Å²) in [4.78, 5) is 18.7. The number of hydrogen-bond donors (Lipinski definition) is 2. The quantitative estimate of drug-likeness (QED) is 0.576. The fourth-order valence-electron chi connectivity index (χ4n) is 1.03. The molecule has 0 aromatic carbocycles. The molecule has 1 amide bonds. The number of rotatable bonds is 0. The molecule has 6 heteroatoms. The number of nitrogens with zero attached hydrogens (tertiary/aromatic N) is 2. The normalized spacial score (nSPS) is 20.1. The number of anilines is 2. The van der Waals surface area contributed by atoms with Crippen molar-refractivity contribution in [3.05, 3.63) is 6.33 Å². The third-order valence-electron chi connectivity index (χ3n) is 1.75. The number of aromatic nitrogens is 2. The van der Waals surface area contributed by atoms with Crippen LogP contribution in [-0.4, -0.2) is 22.0 Å². The van der Waals surface area contributed by atoms with E-state index in [1.54, 1.807) is 6.92 Å². The summed E-state index contributed by atoms with van der Waals surface area (Å²) in [7, 11) is 0. The molecule has 0 saturated carbocycles. The molecule has 6 nitrogen and oxygen atoms in total. The van der Waals surface area contributed by atoms with Crippen molar-refractivity contribution in [2.45, 2.75) is 13.0 Å². The second kappa shape index (κ2) is 2.58. The Kier molecular flexibility index (Phi) is 1.54. The largest absolute Gasteiger partial charge is 0.463 e. The second-order valence-electron chi connectivity index (χ2n) is 2.69. The van der Waals surface area contributed by atoms with Gasteiger partial charge in [-0.1, -0.05) is 0 Å². The average Bonchev–Trinajstić information content (AvgIpc) is 2.09. The van der Waals surface area contributed by atoms with E-state index in [9.17, 15) is 4.79 Å². The Labute approximate surface area is 74.1 Å². The van der Waals surface area contributed by atoms with E-state index in [2.05, 4.69) is 15.3 Å². The molecule has 2 heterocycles. The number of nitrogen functional groups attached to an aromatic ring is 1. The lowest BCUT2D eigenvalue weighted by Gasteiger charge is -2.22. The Morgan fingerprint density at radius 2 is 2.38 bits per heavy atom. The van der Waals surface area contributed by atoms with Crippen LogP contribution in [0.15, 0.2) is 6.33 Å². The smallest absolute Gasteiger partial charge is 0.265 e. The minimum Gasteiger partial charge on any atom is -0.463 e. The molecule has 0 bridgehead atoms. The van der Waals surface area contributed by atoms with Gasteiger partial charge < -0.3 is 15.8 Å². The monoisotopic (exact) mass is 180 g/mol. The summed E-state index contributed by atoms with van der Waals surface area (Å²) in [5, 5.41) is 2.56. The van der Waals surface area contributed by atoms with E-state index < -0.39 is 6.10 Å². The first-order chi connectivity index (χ1) is 6.18. The summed E-state index contributed by atoms with van der Waals surface area (Å²) < 4.78 is 5.18. The molecule has 1 aliphatic heterocycles. The topological polar surface area (TPSA) is 90.1 Å². The molecule has 1 aromatic heterocycles. The molecule has 0 spiro atoms. The van der Waals surface area contributed by atoms with Crippen LogP contribution < -0.4 is 15.8 Å². The molecule has 2 rings (SSSR count). The van der Waals surface area contributed by atoms with Gasteiger partial charge in [-0.2, -0.15) is 4.98 Å². The average molecular weight is 180 g/mol. The van der Waals surface area contributed by atoms with Gasteiger partial charge in [0.05, 0.1) is 0 Å². The maximum absolute atomic E-state index is 11.2. The number of carbonyl (C=O) groups is 1. The van der Waals surface area contributed by atoms with Crippen LogP contribution in [0.5, 0.6) is 5.88 Å². The van der Waals surface area contributed by atoms with E-state index in [0.29, 0.717) is 11.6 Å². The fraction of sp³-hybridized carbons (Fsp3) is 0.286. The molecule has 0 radical (unpaired) electrons. The Balaban J connectivity index is 2.48. The zero-order valence-electron chi connectivity index (χ0n) is 6.94. The van der Waals surface area contributed by atoms with Gasteiger partial charge in [-0.05, 0) is 6.92 Å². The molecule has 1 aliphatic rings. The number of carbonyl (C=O) groups excluding carboxylic acids is 1. The van der Waals surface area contributed by atoms with E-state index in [4.69, 9.17) is 10.5 Å². The Hall–Kier alpha value is -1.85. The van der Waals surface area contributed by atoms with Crippen molar-refractivity contribution in [1.82, 2.24) is 9.97 Å². The van der Waals surface area contributed by atoms with E-state index in [1.807, 2.05) is 0 Å². The highest BCUT2D eigenvalue weighted by molar-refractivity contribution is 5.99. The molecule has 1 aromatic rings. The van der Waals surface area contributed by atoms with Crippen LogP contribution >= 0.6 is 0 Å². The van der Waals surface area contributed by atoms with E-state index in [1.165, 1.54) is 6.33 Å². The van der Waals surface area contributed by atoms with Crippen molar-refractivity contribution >= 4 is 17.4 Å². The van der Waals surface area contributed by atoms with Crippen LogP contribution in [-0.2, 0) is 4.79 Å². The summed E-state index contributed by atoms with van der Waals surface area (Å²) in [5.74, 6) is 0.291. The summed E-state index contributed by atoms with van der Waals surface area (Å²) in [6.45, 7) is 1.64. The first kappa shape index (κ1) is 7.78. The van der Waals surface area contributed by atoms with Gasteiger partial charge in [0, 0.05) is 0 Å². The van der Waals surface area contributed by atoms with Crippen molar-refractivity contribution in [2.75, 3.05) is 11.1 Å². The second-order valence-corrected chi connectivity index (χ2v) is 2.69. The van der Waals surface area contributed by atoms with E-state index >= 15 is 0 Å². The molecular formula is C7H8N4O2. The third-order valence-corrected chi connectivity index (χ3v) is 1.75. The van der Waals surface area contributed by atoms with Crippen LogP contribution in [0.1, 0.15) is 6.92 Å². The number of nitrogens with two attached hydrogens (primary N) is 1. The van der Waals surface area contributed by atoms with Crippen LogP contribution in [0.2, 0.25) is 0 Å². The number of nitrogens with one attached hydrogen (secondary N) is 1. The molecule has 0 saturated heterocycles. The highest BCUT2D eigenvalue weighted by atomic mass is 16.5. The van der Waals surface area contributed by atoms with Crippen LogP contribution in [0.4, 0.5) is 11.5 Å². The Bertz CT molecular complexity index is 366. The molecular weight excluding hydrogens is 172 g/mol. The van der Waals surface area contributed by atoms with Crippen LogP contribution in [0.3, 0.4) is 0 Å². The van der Waals surface area contributed by atoms with Gasteiger partial charge >= 0.3 is 0 Å².